The van der Waals surface area contributed by atoms with Crippen molar-refractivity contribution in [3.8, 4) is 11.3 Å². The lowest BCUT2D eigenvalue weighted by Crippen LogP contribution is -2.49. The second-order valence-electron chi connectivity index (χ2n) is 12.5. The number of amides is 4. The third-order valence-electron chi connectivity index (χ3n) is 9.02. The third-order valence-corrected chi connectivity index (χ3v) is 9.02. The van der Waals surface area contributed by atoms with Crippen molar-refractivity contribution in [2.24, 2.45) is 0 Å². The van der Waals surface area contributed by atoms with Crippen LogP contribution in [0.25, 0.3) is 11.3 Å². The van der Waals surface area contributed by atoms with Crippen LogP contribution in [0.1, 0.15) is 27.9 Å². The average molecular weight is 686 g/mol. The monoisotopic (exact) mass is 685 g/mol. The molecule has 12 nitrogen and oxygen atoms in total. The maximum atomic E-state index is 15.0. The van der Waals surface area contributed by atoms with E-state index in [1.807, 2.05) is 67.6 Å². The van der Waals surface area contributed by atoms with Crippen molar-refractivity contribution in [2.75, 3.05) is 53.2 Å². The van der Waals surface area contributed by atoms with Gasteiger partial charge in [-0.1, -0.05) is 12.1 Å². The summed E-state index contributed by atoms with van der Waals surface area (Å²) in [6.07, 6.45) is 5.34. The number of hydrogen-bond donors (Lipinski definition) is 3. The summed E-state index contributed by atoms with van der Waals surface area (Å²) < 4.78 is 15.0. The van der Waals surface area contributed by atoms with Crippen LogP contribution in [0.3, 0.4) is 0 Å². The van der Waals surface area contributed by atoms with Crippen LogP contribution < -0.4 is 25.8 Å². The molecule has 7 rings (SSSR count). The fourth-order valence-electron chi connectivity index (χ4n) is 6.12. The minimum Gasteiger partial charge on any atom is -0.369 e. The Hall–Kier alpha value is -6.21. The molecule has 3 N–H and O–H groups in total. The van der Waals surface area contributed by atoms with Crippen molar-refractivity contribution < 1.29 is 18.8 Å². The van der Waals surface area contributed by atoms with Gasteiger partial charge in [-0.25, -0.2) is 19.2 Å². The van der Waals surface area contributed by atoms with Crippen LogP contribution in [0.4, 0.5) is 37.9 Å². The zero-order valence-electron chi connectivity index (χ0n) is 28.0. The Kier molecular flexibility index (Phi) is 9.61. The minimum atomic E-state index is -0.535. The molecular weight excluding hydrogens is 649 g/mol. The Morgan fingerprint density at radius 2 is 1.71 bits per heavy atom. The van der Waals surface area contributed by atoms with E-state index in [-0.39, 0.29) is 30.6 Å². The number of pyridine rings is 1. The normalized spacial score (nSPS) is 15.0. The van der Waals surface area contributed by atoms with Crippen LogP contribution in [0, 0.1) is 12.7 Å². The first-order valence-corrected chi connectivity index (χ1v) is 16.7. The molecule has 13 heteroatoms. The molecule has 258 valence electrons. The van der Waals surface area contributed by atoms with Crippen LogP contribution in [0.5, 0.6) is 0 Å². The fraction of sp³-hybridized carbons (Fsp3) is 0.211. The van der Waals surface area contributed by atoms with Crippen molar-refractivity contribution in [3.63, 3.8) is 0 Å². The SMILES string of the molecule is Cc1ccc(NC(=O)c2ccc(N3CCN(Cc4ccc(N5CCC(=O)NC5=O)cc4F)CC3)cc2)cc1Nc1nccc(-c2cccnc2)n1. The molecule has 2 saturated heterocycles. The van der Waals surface area contributed by atoms with Crippen molar-refractivity contribution in [2.45, 2.75) is 19.9 Å². The van der Waals surface area contributed by atoms with E-state index in [1.165, 1.54) is 11.0 Å². The molecule has 0 bridgehead atoms. The summed E-state index contributed by atoms with van der Waals surface area (Å²) in [7, 11) is 0. The van der Waals surface area contributed by atoms with E-state index in [1.54, 1.807) is 30.7 Å². The molecule has 51 heavy (non-hydrogen) atoms. The number of halogens is 1. The van der Waals surface area contributed by atoms with E-state index in [9.17, 15) is 14.4 Å². The van der Waals surface area contributed by atoms with Gasteiger partial charge in [0.2, 0.25) is 11.9 Å². The highest BCUT2D eigenvalue weighted by atomic mass is 19.1. The molecule has 0 radical (unpaired) electrons. The lowest BCUT2D eigenvalue weighted by molar-refractivity contribution is -0.120. The van der Waals surface area contributed by atoms with Crippen molar-refractivity contribution >= 4 is 46.5 Å². The van der Waals surface area contributed by atoms with E-state index in [0.29, 0.717) is 35.0 Å². The number of rotatable bonds is 9. The predicted octanol–water partition coefficient (Wildman–Crippen LogP) is 5.75. The highest BCUT2D eigenvalue weighted by molar-refractivity contribution is 6.06. The third kappa shape index (κ3) is 7.84. The van der Waals surface area contributed by atoms with E-state index in [4.69, 9.17) is 0 Å². The zero-order valence-corrected chi connectivity index (χ0v) is 28.0. The lowest BCUT2D eigenvalue weighted by Gasteiger charge is -2.36. The number of hydrogen-bond acceptors (Lipinski definition) is 9. The van der Waals surface area contributed by atoms with Gasteiger partial charge < -0.3 is 15.5 Å². The van der Waals surface area contributed by atoms with Crippen LogP contribution >= 0.6 is 0 Å². The Labute approximate surface area is 294 Å². The minimum absolute atomic E-state index is 0.184. The summed E-state index contributed by atoms with van der Waals surface area (Å²) in [5.41, 5.74) is 6.54. The van der Waals surface area contributed by atoms with Crippen molar-refractivity contribution in [1.82, 2.24) is 25.2 Å². The summed E-state index contributed by atoms with van der Waals surface area (Å²) in [6.45, 7) is 5.62. The van der Waals surface area contributed by atoms with E-state index in [2.05, 4.69) is 40.7 Å². The summed E-state index contributed by atoms with van der Waals surface area (Å²) in [5.74, 6) is -0.497. The first kappa shape index (κ1) is 33.3. The number of nitrogens with one attached hydrogen (secondary N) is 3. The fourth-order valence-corrected chi connectivity index (χ4v) is 6.12. The summed E-state index contributed by atoms with van der Waals surface area (Å²) in [4.78, 5) is 55.7. The van der Waals surface area contributed by atoms with Crippen molar-refractivity contribution in [3.05, 3.63) is 120 Å². The molecule has 3 aromatic carbocycles. The summed E-state index contributed by atoms with van der Waals surface area (Å²) >= 11 is 0. The molecule has 2 fully saturated rings. The largest absolute Gasteiger partial charge is 0.369 e. The van der Waals surface area contributed by atoms with Gasteiger partial charge in [-0.15, -0.1) is 0 Å². The molecule has 2 aliphatic rings. The van der Waals surface area contributed by atoms with E-state index < -0.39 is 6.03 Å². The van der Waals surface area contributed by atoms with Gasteiger partial charge >= 0.3 is 6.03 Å². The number of carbonyl (C=O) groups excluding carboxylic acids is 3. The molecule has 0 spiro atoms. The molecule has 4 amide bonds. The lowest BCUT2D eigenvalue weighted by atomic mass is 10.1. The van der Waals surface area contributed by atoms with Crippen molar-refractivity contribution in [1.29, 1.82) is 0 Å². The number of aryl methyl sites for hydroxylation is 1. The Morgan fingerprint density at radius 3 is 2.45 bits per heavy atom. The maximum absolute atomic E-state index is 15.0. The average Bonchev–Trinajstić information content (AvgIpc) is 3.15. The van der Waals surface area contributed by atoms with Gasteiger partial charge in [0.1, 0.15) is 5.82 Å². The predicted molar refractivity (Wildman–Crippen MR) is 194 cm³/mol. The van der Waals surface area contributed by atoms with Gasteiger partial charge in [0.25, 0.3) is 5.91 Å². The smallest absolute Gasteiger partial charge is 0.328 e. The van der Waals surface area contributed by atoms with E-state index >= 15 is 4.39 Å². The van der Waals surface area contributed by atoms with E-state index in [0.717, 1.165) is 54.4 Å². The second-order valence-corrected chi connectivity index (χ2v) is 12.5. The quantitative estimate of drug-likeness (QED) is 0.177. The number of piperazine rings is 1. The summed E-state index contributed by atoms with van der Waals surface area (Å²) in [5, 5.41) is 8.53. The number of imide groups is 1. The molecule has 0 unspecified atom stereocenters. The van der Waals surface area contributed by atoms with Crippen LogP contribution in [-0.4, -0.2) is 70.4 Å². The molecule has 0 atom stereocenters. The van der Waals surface area contributed by atoms with Gasteiger partial charge in [0.15, 0.2) is 0 Å². The molecule has 5 aromatic rings. The molecule has 2 aliphatic heterocycles. The van der Waals surface area contributed by atoms with Gasteiger partial charge in [0, 0.05) is 104 Å². The Bertz CT molecular complexity index is 2070. The van der Waals surface area contributed by atoms with Crippen LogP contribution in [-0.2, 0) is 11.3 Å². The van der Waals surface area contributed by atoms with Gasteiger partial charge in [-0.3, -0.25) is 29.7 Å². The first-order valence-electron chi connectivity index (χ1n) is 16.7. The highest BCUT2D eigenvalue weighted by Gasteiger charge is 2.25. The standard InChI is InChI=1S/C38H36FN9O3/c1-25-4-8-29(21-34(25)44-37-41-15-12-33(43-37)27-3-2-14-40-23-27)42-36(50)26-5-9-30(10-6-26)47-19-17-46(18-20-47)24-28-7-11-31(22-32(28)39)48-16-13-35(49)45-38(48)51/h2-12,14-15,21-23H,13,16-20,24H2,1H3,(H,42,50)(H,41,43,44)(H,45,49,51). The molecule has 0 aliphatic carbocycles. The summed E-state index contributed by atoms with van der Waals surface area (Å²) in [6, 6.07) is 23.0. The molecule has 4 heterocycles. The van der Waals surface area contributed by atoms with Gasteiger partial charge in [0.05, 0.1) is 5.69 Å². The number of urea groups is 1. The maximum Gasteiger partial charge on any atom is 0.328 e. The first-order chi connectivity index (χ1) is 24.8. The number of carbonyl (C=O) groups is 3. The zero-order chi connectivity index (χ0) is 35.3. The number of nitrogens with zero attached hydrogens (tertiary/aromatic N) is 6. The second kappa shape index (κ2) is 14.7. The van der Waals surface area contributed by atoms with Gasteiger partial charge in [-0.05, 0) is 79.2 Å². The van der Waals surface area contributed by atoms with Crippen LogP contribution in [0.2, 0.25) is 0 Å². The van der Waals surface area contributed by atoms with Crippen LogP contribution in [0.15, 0.2) is 97.5 Å². The Balaban J connectivity index is 0.921. The highest BCUT2D eigenvalue weighted by Crippen LogP contribution is 2.26. The number of aromatic nitrogens is 3. The topological polar surface area (TPSA) is 136 Å². The molecule has 2 aromatic heterocycles. The van der Waals surface area contributed by atoms with Gasteiger partial charge in [-0.2, -0.15) is 0 Å². The number of benzene rings is 3. The molecule has 0 saturated carbocycles. The molecular formula is C38H36FN9O3. The Morgan fingerprint density at radius 1 is 0.902 bits per heavy atom. The number of anilines is 5.